The van der Waals surface area contributed by atoms with Crippen LogP contribution in [0.4, 0.5) is 4.39 Å². The summed E-state index contributed by atoms with van der Waals surface area (Å²) in [6.07, 6.45) is 5.85. The van der Waals surface area contributed by atoms with E-state index in [9.17, 15) is 9.18 Å². The molecule has 0 radical (unpaired) electrons. The summed E-state index contributed by atoms with van der Waals surface area (Å²) in [4.78, 5) is 15.4. The molecule has 5 rings (SSSR count). The van der Waals surface area contributed by atoms with Crippen molar-refractivity contribution in [2.75, 3.05) is 6.61 Å². The van der Waals surface area contributed by atoms with Crippen LogP contribution in [0.5, 0.6) is 5.75 Å². The number of hydrogen-bond acceptors (Lipinski definition) is 5. The smallest absolute Gasteiger partial charge is 0.266 e. The van der Waals surface area contributed by atoms with E-state index in [-0.39, 0.29) is 18.3 Å². The van der Waals surface area contributed by atoms with E-state index in [0.29, 0.717) is 15.8 Å². The number of thiocarbonyl (C=S) groups is 1. The molecule has 0 atom stereocenters. The van der Waals surface area contributed by atoms with Gasteiger partial charge in [0, 0.05) is 17.3 Å². The Bertz CT molecular complexity index is 1470. The third kappa shape index (κ3) is 5.87. The maximum atomic E-state index is 13.3. The van der Waals surface area contributed by atoms with Crippen molar-refractivity contribution in [1.29, 1.82) is 0 Å². The first kappa shape index (κ1) is 25.9. The van der Waals surface area contributed by atoms with Gasteiger partial charge in [-0.05, 0) is 66.6 Å². The van der Waals surface area contributed by atoms with Crippen LogP contribution in [0.2, 0.25) is 0 Å². The standard InChI is InChI=1S/C30H26FN3O2S2/c1-2-3-17-36-26-15-11-22(12-16-26)28-23(20-34(32-28)25-7-5-4-6-8-25)18-27-29(35)33(30(37)38-27)19-21-9-13-24(31)14-10-21/h4-16,18,20H,2-3,17,19H2,1H3. The number of ether oxygens (including phenoxy) is 1. The Morgan fingerprint density at radius 3 is 2.47 bits per heavy atom. The van der Waals surface area contributed by atoms with Gasteiger partial charge in [-0.1, -0.05) is 67.7 Å². The van der Waals surface area contributed by atoms with Crippen LogP contribution < -0.4 is 4.74 Å². The number of rotatable bonds is 9. The Morgan fingerprint density at radius 1 is 1.03 bits per heavy atom. The van der Waals surface area contributed by atoms with Crippen molar-refractivity contribution < 1.29 is 13.9 Å². The third-order valence-corrected chi connectivity index (χ3v) is 7.45. The summed E-state index contributed by atoms with van der Waals surface area (Å²) in [6, 6.07) is 23.8. The van der Waals surface area contributed by atoms with Crippen LogP contribution in [0.25, 0.3) is 23.0 Å². The zero-order valence-electron chi connectivity index (χ0n) is 20.8. The molecule has 0 bridgehead atoms. The van der Waals surface area contributed by atoms with E-state index in [1.54, 1.807) is 17.0 Å². The average molecular weight is 544 g/mol. The molecule has 0 spiro atoms. The number of benzene rings is 3. The van der Waals surface area contributed by atoms with Crippen molar-refractivity contribution in [2.24, 2.45) is 0 Å². The van der Waals surface area contributed by atoms with Gasteiger partial charge in [0.2, 0.25) is 0 Å². The van der Waals surface area contributed by atoms with Gasteiger partial charge in [0.15, 0.2) is 0 Å². The fourth-order valence-electron chi connectivity index (χ4n) is 4.02. The first-order valence-corrected chi connectivity index (χ1v) is 13.6. The Labute approximate surface area is 230 Å². The second kappa shape index (κ2) is 11.8. The number of carbonyl (C=O) groups is 1. The summed E-state index contributed by atoms with van der Waals surface area (Å²) in [5, 5.41) is 4.87. The predicted octanol–water partition coefficient (Wildman–Crippen LogP) is 7.26. The lowest BCUT2D eigenvalue weighted by Crippen LogP contribution is -2.27. The molecule has 38 heavy (non-hydrogen) atoms. The molecule has 192 valence electrons. The van der Waals surface area contributed by atoms with Crippen LogP contribution in [-0.4, -0.2) is 31.5 Å². The molecule has 1 fully saturated rings. The molecule has 1 aliphatic rings. The zero-order chi connectivity index (χ0) is 26.5. The average Bonchev–Trinajstić information content (AvgIpc) is 3.47. The highest BCUT2D eigenvalue weighted by Crippen LogP contribution is 2.36. The largest absolute Gasteiger partial charge is 0.494 e. The van der Waals surface area contributed by atoms with E-state index < -0.39 is 0 Å². The highest BCUT2D eigenvalue weighted by Gasteiger charge is 2.32. The van der Waals surface area contributed by atoms with Crippen molar-refractivity contribution in [3.8, 4) is 22.7 Å². The monoisotopic (exact) mass is 543 g/mol. The lowest BCUT2D eigenvalue weighted by atomic mass is 10.1. The van der Waals surface area contributed by atoms with Crippen molar-refractivity contribution in [3.63, 3.8) is 0 Å². The number of amides is 1. The number of carbonyl (C=O) groups excluding carboxylic acids is 1. The molecule has 4 aromatic rings. The van der Waals surface area contributed by atoms with Gasteiger partial charge in [-0.2, -0.15) is 5.10 Å². The second-order valence-electron chi connectivity index (χ2n) is 8.83. The SMILES string of the molecule is CCCCOc1ccc(-c2nn(-c3ccccc3)cc2C=C2SC(=S)N(Cc3ccc(F)cc3)C2=O)cc1. The third-order valence-electron chi connectivity index (χ3n) is 6.07. The highest BCUT2D eigenvalue weighted by atomic mass is 32.2. The van der Waals surface area contributed by atoms with Crippen molar-refractivity contribution in [1.82, 2.24) is 14.7 Å². The van der Waals surface area contributed by atoms with Crippen molar-refractivity contribution in [2.45, 2.75) is 26.3 Å². The Hall–Kier alpha value is -3.75. The van der Waals surface area contributed by atoms with E-state index in [1.807, 2.05) is 71.6 Å². The van der Waals surface area contributed by atoms with Gasteiger partial charge >= 0.3 is 0 Å². The molecule has 1 amide bonds. The van der Waals surface area contributed by atoms with Crippen LogP contribution in [0, 0.1) is 5.82 Å². The molecule has 8 heteroatoms. The zero-order valence-corrected chi connectivity index (χ0v) is 22.5. The van der Waals surface area contributed by atoms with Crippen LogP contribution in [0.1, 0.15) is 30.9 Å². The van der Waals surface area contributed by atoms with Gasteiger partial charge in [0.25, 0.3) is 5.91 Å². The molecular weight excluding hydrogens is 517 g/mol. The number of para-hydroxylation sites is 1. The maximum absolute atomic E-state index is 13.3. The molecule has 3 aromatic carbocycles. The minimum atomic E-state index is -0.317. The molecule has 1 saturated heterocycles. The topological polar surface area (TPSA) is 47.4 Å². The highest BCUT2D eigenvalue weighted by molar-refractivity contribution is 8.26. The first-order valence-electron chi connectivity index (χ1n) is 12.4. The van der Waals surface area contributed by atoms with E-state index in [0.717, 1.165) is 46.7 Å². The predicted molar refractivity (Wildman–Crippen MR) is 155 cm³/mol. The Kier molecular flexibility index (Phi) is 8.00. The van der Waals surface area contributed by atoms with E-state index in [2.05, 4.69) is 6.92 Å². The van der Waals surface area contributed by atoms with Crippen LogP contribution in [-0.2, 0) is 11.3 Å². The fourth-order valence-corrected chi connectivity index (χ4v) is 5.27. The van der Waals surface area contributed by atoms with E-state index in [4.69, 9.17) is 22.1 Å². The summed E-state index contributed by atoms with van der Waals surface area (Å²) in [5.74, 6) is 0.317. The summed E-state index contributed by atoms with van der Waals surface area (Å²) in [6.45, 7) is 3.11. The van der Waals surface area contributed by atoms with E-state index in [1.165, 1.54) is 23.9 Å². The maximum Gasteiger partial charge on any atom is 0.266 e. The van der Waals surface area contributed by atoms with Gasteiger partial charge in [-0.15, -0.1) is 0 Å². The first-order chi connectivity index (χ1) is 18.5. The molecule has 1 aromatic heterocycles. The number of thioether (sulfide) groups is 1. The molecule has 2 heterocycles. The number of halogens is 1. The molecule has 0 saturated carbocycles. The van der Waals surface area contributed by atoms with Gasteiger partial charge in [0.05, 0.1) is 29.4 Å². The number of aromatic nitrogens is 2. The van der Waals surface area contributed by atoms with Gasteiger partial charge in [0.1, 0.15) is 15.9 Å². The molecule has 5 nitrogen and oxygen atoms in total. The van der Waals surface area contributed by atoms with Crippen LogP contribution in [0.15, 0.2) is 90.0 Å². The molecular formula is C30H26FN3O2S2. The summed E-state index contributed by atoms with van der Waals surface area (Å²) >= 11 is 6.78. The van der Waals surface area contributed by atoms with Crippen molar-refractivity contribution in [3.05, 3.63) is 107 Å². The summed E-state index contributed by atoms with van der Waals surface area (Å²) in [7, 11) is 0. The number of unbranched alkanes of at least 4 members (excludes halogenated alkanes) is 1. The fraction of sp³-hybridized carbons (Fsp3) is 0.167. The van der Waals surface area contributed by atoms with Crippen LogP contribution in [0.3, 0.4) is 0 Å². The minimum absolute atomic E-state index is 0.178. The Balaban J connectivity index is 1.46. The summed E-state index contributed by atoms with van der Waals surface area (Å²) in [5.41, 5.74) is 4.18. The van der Waals surface area contributed by atoms with E-state index >= 15 is 0 Å². The van der Waals surface area contributed by atoms with Gasteiger partial charge in [-0.3, -0.25) is 9.69 Å². The normalized spacial score (nSPS) is 14.5. The second-order valence-corrected chi connectivity index (χ2v) is 10.5. The number of hydrogen-bond donors (Lipinski definition) is 0. The lowest BCUT2D eigenvalue weighted by molar-refractivity contribution is -0.122. The lowest BCUT2D eigenvalue weighted by Gasteiger charge is -2.14. The minimum Gasteiger partial charge on any atom is -0.494 e. The van der Waals surface area contributed by atoms with Crippen LogP contribution >= 0.6 is 24.0 Å². The van der Waals surface area contributed by atoms with Gasteiger partial charge in [-0.25, -0.2) is 9.07 Å². The molecule has 0 N–H and O–H groups in total. The quantitative estimate of drug-likeness (QED) is 0.126. The summed E-state index contributed by atoms with van der Waals surface area (Å²) < 4.78 is 21.4. The molecule has 0 aliphatic carbocycles. The number of nitrogens with zero attached hydrogens (tertiary/aromatic N) is 3. The molecule has 1 aliphatic heterocycles. The van der Waals surface area contributed by atoms with Crippen molar-refractivity contribution >= 4 is 40.3 Å². The molecule has 0 unspecified atom stereocenters. The van der Waals surface area contributed by atoms with Gasteiger partial charge < -0.3 is 4.74 Å². The Morgan fingerprint density at radius 2 is 1.76 bits per heavy atom.